The largest absolute Gasteiger partial charge is 0.389 e. The Morgan fingerprint density at radius 1 is 1.38 bits per heavy atom. The smallest absolute Gasteiger partial charge is 0.139 e. The summed E-state index contributed by atoms with van der Waals surface area (Å²) in [6, 6.07) is 0. The molecule has 0 aliphatic rings. The van der Waals surface area contributed by atoms with E-state index in [0.717, 1.165) is 12.8 Å². The molecular formula is C9H22N2O2. The van der Waals surface area contributed by atoms with Gasteiger partial charge in [-0.05, 0) is 32.2 Å². The molecule has 2 unspecified atom stereocenters. The van der Waals surface area contributed by atoms with Crippen LogP contribution in [0.3, 0.4) is 0 Å². The molecule has 0 saturated heterocycles. The van der Waals surface area contributed by atoms with Crippen molar-refractivity contribution in [3.05, 3.63) is 0 Å². The van der Waals surface area contributed by atoms with Gasteiger partial charge in [0.05, 0.1) is 6.10 Å². The second-order valence-corrected chi connectivity index (χ2v) is 3.54. The maximum absolute atomic E-state index is 9.63. The van der Waals surface area contributed by atoms with Gasteiger partial charge >= 0.3 is 0 Å². The minimum Gasteiger partial charge on any atom is -0.389 e. The van der Waals surface area contributed by atoms with Gasteiger partial charge in [0.2, 0.25) is 0 Å². The zero-order valence-corrected chi connectivity index (χ0v) is 8.37. The molecular weight excluding hydrogens is 168 g/mol. The van der Waals surface area contributed by atoms with Gasteiger partial charge in [-0.1, -0.05) is 13.3 Å². The van der Waals surface area contributed by atoms with Crippen LogP contribution in [0.4, 0.5) is 0 Å². The third-order valence-corrected chi connectivity index (χ3v) is 2.19. The molecule has 0 aliphatic heterocycles. The Hall–Kier alpha value is -0.160. The summed E-state index contributed by atoms with van der Waals surface area (Å²) in [6.45, 7) is 2.53. The van der Waals surface area contributed by atoms with E-state index >= 15 is 0 Å². The van der Waals surface area contributed by atoms with Gasteiger partial charge < -0.3 is 21.7 Å². The summed E-state index contributed by atoms with van der Waals surface area (Å²) in [6.07, 6.45) is 2.52. The Kier molecular flexibility index (Phi) is 6.24. The van der Waals surface area contributed by atoms with Crippen LogP contribution in [0, 0.1) is 0 Å². The van der Waals surface area contributed by atoms with Crippen LogP contribution < -0.4 is 11.5 Å². The second kappa shape index (κ2) is 6.32. The Labute approximate surface area is 79.9 Å². The van der Waals surface area contributed by atoms with Crippen LogP contribution in [0.15, 0.2) is 0 Å². The lowest BCUT2D eigenvalue weighted by Gasteiger charge is -2.28. The molecule has 6 N–H and O–H groups in total. The van der Waals surface area contributed by atoms with E-state index in [1.165, 1.54) is 0 Å². The van der Waals surface area contributed by atoms with Crippen LogP contribution in [0.5, 0.6) is 0 Å². The summed E-state index contributed by atoms with van der Waals surface area (Å²) < 4.78 is 0. The third-order valence-electron chi connectivity index (χ3n) is 2.19. The van der Waals surface area contributed by atoms with Crippen molar-refractivity contribution in [2.45, 2.75) is 50.9 Å². The van der Waals surface area contributed by atoms with Crippen LogP contribution in [0.1, 0.15) is 39.0 Å². The first-order chi connectivity index (χ1) is 6.04. The zero-order chi connectivity index (χ0) is 10.3. The van der Waals surface area contributed by atoms with E-state index in [0.29, 0.717) is 25.8 Å². The molecule has 0 amide bonds. The van der Waals surface area contributed by atoms with Crippen molar-refractivity contribution in [1.29, 1.82) is 0 Å². The molecule has 0 rings (SSSR count). The summed E-state index contributed by atoms with van der Waals surface area (Å²) in [4.78, 5) is 0. The predicted octanol–water partition coefficient (Wildman–Crippen LogP) is -0.0763. The van der Waals surface area contributed by atoms with E-state index in [9.17, 15) is 10.2 Å². The van der Waals surface area contributed by atoms with Crippen LogP contribution in [0.25, 0.3) is 0 Å². The maximum Gasteiger partial charge on any atom is 0.139 e. The molecule has 0 bridgehead atoms. The molecule has 0 aromatic carbocycles. The van der Waals surface area contributed by atoms with Crippen LogP contribution in [0.2, 0.25) is 0 Å². The molecule has 0 aromatic rings. The fourth-order valence-corrected chi connectivity index (χ4v) is 1.19. The normalized spacial score (nSPS) is 18.2. The zero-order valence-electron chi connectivity index (χ0n) is 8.37. The minimum absolute atomic E-state index is 0.440. The highest BCUT2D eigenvalue weighted by atomic mass is 16.4. The van der Waals surface area contributed by atoms with Crippen molar-refractivity contribution in [3.63, 3.8) is 0 Å². The van der Waals surface area contributed by atoms with Crippen LogP contribution >= 0.6 is 0 Å². The van der Waals surface area contributed by atoms with E-state index < -0.39 is 11.8 Å². The third kappa shape index (κ3) is 5.21. The lowest BCUT2D eigenvalue weighted by molar-refractivity contribution is -0.0806. The van der Waals surface area contributed by atoms with Gasteiger partial charge in [-0.25, -0.2) is 0 Å². The average molecular weight is 190 g/mol. The maximum atomic E-state index is 9.63. The molecule has 13 heavy (non-hydrogen) atoms. The Bertz CT molecular complexity index is 129. The van der Waals surface area contributed by atoms with Gasteiger partial charge in [0, 0.05) is 0 Å². The Balaban J connectivity index is 3.80. The number of nitrogens with two attached hydrogens (primary N) is 2. The van der Waals surface area contributed by atoms with Crippen molar-refractivity contribution >= 4 is 0 Å². The number of aliphatic hydroxyl groups excluding tert-OH is 1. The fraction of sp³-hybridized carbons (Fsp3) is 1.00. The van der Waals surface area contributed by atoms with Gasteiger partial charge in [-0.15, -0.1) is 0 Å². The monoisotopic (exact) mass is 190 g/mol. The highest BCUT2D eigenvalue weighted by Gasteiger charge is 2.29. The Morgan fingerprint density at radius 3 is 2.46 bits per heavy atom. The first-order valence-corrected chi connectivity index (χ1v) is 4.94. The predicted molar refractivity (Wildman–Crippen MR) is 53.0 cm³/mol. The van der Waals surface area contributed by atoms with Crippen LogP contribution in [-0.2, 0) is 0 Å². The van der Waals surface area contributed by atoms with Gasteiger partial charge in [0.1, 0.15) is 5.72 Å². The van der Waals surface area contributed by atoms with E-state index in [2.05, 4.69) is 0 Å². The summed E-state index contributed by atoms with van der Waals surface area (Å²) in [7, 11) is 0. The lowest BCUT2D eigenvalue weighted by Crippen LogP contribution is -2.50. The first-order valence-electron chi connectivity index (χ1n) is 4.94. The topological polar surface area (TPSA) is 92.5 Å². The molecule has 80 valence electrons. The molecule has 0 aliphatic carbocycles. The van der Waals surface area contributed by atoms with Gasteiger partial charge in [0.25, 0.3) is 0 Å². The van der Waals surface area contributed by atoms with E-state index in [1.807, 2.05) is 6.92 Å². The standard InChI is InChI=1S/C9H22N2O2/c1-2-3-6-9(11,13)8(12)5-4-7-10/h8,12-13H,2-7,10-11H2,1H3. The molecule has 0 fully saturated rings. The number of aliphatic hydroxyl groups is 2. The molecule has 0 saturated carbocycles. The summed E-state index contributed by atoms with van der Waals surface area (Å²) in [5, 5.41) is 19.1. The molecule has 0 aromatic heterocycles. The fourth-order valence-electron chi connectivity index (χ4n) is 1.19. The highest BCUT2D eigenvalue weighted by molar-refractivity contribution is 4.79. The van der Waals surface area contributed by atoms with Crippen molar-refractivity contribution in [1.82, 2.24) is 0 Å². The number of hydrogen-bond donors (Lipinski definition) is 4. The quantitative estimate of drug-likeness (QED) is 0.423. The SMILES string of the molecule is CCCCC(N)(O)C(O)CCCN. The van der Waals surface area contributed by atoms with E-state index in [1.54, 1.807) is 0 Å². The molecule has 0 heterocycles. The van der Waals surface area contributed by atoms with E-state index in [-0.39, 0.29) is 0 Å². The van der Waals surface area contributed by atoms with Crippen molar-refractivity contribution in [3.8, 4) is 0 Å². The van der Waals surface area contributed by atoms with Gasteiger partial charge in [-0.3, -0.25) is 0 Å². The highest BCUT2D eigenvalue weighted by Crippen LogP contribution is 2.16. The van der Waals surface area contributed by atoms with Crippen molar-refractivity contribution < 1.29 is 10.2 Å². The summed E-state index contributed by atoms with van der Waals surface area (Å²) >= 11 is 0. The number of hydrogen-bond acceptors (Lipinski definition) is 4. The lowest BCUT2D eigenvalue weighted by atomic mass is 9.97. The van der Waals surface area contributed by atoms with E-state index in [4.69, 9.17) is 11.5 Å². The molecule has 0 radical (unpaired) electrons. The molecule has 4 nitrogen and oxygen atoms in total. The molecule has 0 spiro atoms. The van der Waals surface area contributed by atoms with Crippen molar-refractivity contribution in [2.24, 2.45) is 11.5 Å². The Morgan fingerprint density at radius 2 is 2.00 bits per heavy atom. The number of rotatable bonds is 7. The summed E-state index contributed by atoms with van der Waals surface area (Å²) in [5.41, 5.74) is 9.40. The van der Waals surface area contributed by atoms with Gasteiger partial charge in [-0.2, -0.15) is 0 Å². The van der Waals surface area contributed by atoms with Crippen molar-refractivity contribution in [2.75, 3.05) is 6.54 Å². The molecule has 2 atom stereocenters. The first kappa shape index (κ1) is 12.8. The minimum atomic E-state index is -1.44. The molecule has 4 heteroatoms. The average Bonchev–Trinajstić information content (AvgIpc) is 2.10. The number of unbranched alkanes of at least 4 members (excludes halogenated alkanes) is 1. The summed E-state index contributed by atoms with van der Waals surface area (Å²) in [5.74, 6) is 0. The van der Waals surface area contributed by atoms with Gasteiger partial charge in [0.15, 0.2) is 0 Å². The van der Waals surface area contributed by atoms with Crippen LogP contribution in [-0.4, -0.2) is 28.6 Å². The second-order valence-electron chi connectivity index (χ2n) is 3.54.